The molecule has 0 atom stereocenters. The highest BCUT2D eigenvalue weighted by Gasteiger charge is 2.48. The Kier molecular flexibility index (Phi) is 6.22. The number of anilines is 2. The minimum absolute atomic E-state index is 0.189. The first-order chi connectivity index (χ1) is 17.7. The standard InChI is InChI=1S/C26H17F3N4O3S/c27-26(28,29)37(34,35)36-20-15-14-17-12-7-13-22(21(17)16-20)30-25-32-23(18-8-3-1-4-9-18)31-24(33-25)19-10-5-2-6-11-19/h1-16H,(H,30,31,32,33). The second-order valence-electron chi connectivity index (χ2n) is 7.83. The maximum absolute atomic E-state index is 12.8. The van der Waals surface area contributed by atoms with Gasteiger partial charge in [0, 0.05) is 22.2 Å². The van der Waals surface area contributed by atoms with Crippen LogP contribution in [0.25, 0.3) is 33.5 Å². The first-order valence-corrected chi connectivity index (χ1v) is 12.3. The highest BCUT2D eigenvalue weighted by Crippen LogP contribution is 2.33. The van der Waals surface area contributed by atoms with Crippen LogP contribution in [-0.4, -0.2) is 28.9 Å². The van der Waals surface area contributed by atoms with E-state index in [1.54, 1.807) is 18.2 Å². The summed E-state index contributed by atoms with van der Waals surface area (Å²) in [5.74, 6) is 0.536. The molecule has 4 aromatic carbocycles. The second-order valence-corrected chi connectivity index (χ2v) is 9.37. The minimum atomic E-state index is -5.82. The van der Waals surface area contributed by atoms with E-state index in [4.69, 9.17) is 0 Å². The van der Waals surface area contributed by atoms with Crippen LogP contribution in [0.2, 0.25) is 0 Å². The summed E-state index contributed by atoms with van der Waals surface area (Å²) in [4.78, 5) is 13.7. The van der Waals surface area contributed by atoms with Crippen molar-refractivity contribution in [3.8, 4) is 28.5 Å². The normalized spacial score (nSPS) is 11.9. The number of nitrogens with zero attached hydrogens (tertiary/aromatic N) is 3. The van der Waals surface area contributed by atoms with Crippen LogP contribution in [0.5, 0.6) is 5.75 Å². The molecule has 0 aliphatic heterocycles. The third-order valence-corrected chi connectivity index (χ3v) is 6.27. The van der Waals surface area contributed by atoms with Gasteiger partial charge in [-0.25, -0.2) is 4.98 Å². The predicted molar refractivity (Wildman–Crippen MR) is 134 cm³/mol. The molecule has 1 heterocycles. The van der Waals surface area contributed by atoms with Gasteiger partial charge in [-0.2, -0.15) is 31.6 Å². The molecule has 1 N–H and O–H groups in total. The van der Waals surface area contributed by atoms with Gasteiger partial charge in [0.15, 0.2) is 11.6 Å². The van der Waals surface area contributed by atoms with Crippen molar-refractivity contribution in [3.63, 3.8) is 0 Å². The van der Waals surface area contributed by atoms with E-state index in [2.05, 4.69) is 24.5 Å². The Balaban J connectivity index is 1.58. The number of hydrogen-bond acceptors (Lipinski definition) is 7. The van der Waals surface area contributed by atoms with E-state index in [1.807, 2.05) is 60.7 Å². The lowest BCUT2D eigenvalue weighted by molar-refractivity contribution is -0.0500. The number of alkyl halides is 3. The summed E-state index contributed by atoms with van der Waals surface area (Å²) >= 11 is 0. The van der Waals surface area contributed by atoms with Crippen molar-refractivity contribution < 1.29 is 25.8 Å². The molecule has 7 nitrogen and oxygen atoms in total. The number of benzene rings is 4. The van der Waals surface area contributed by atoms with Gasteiger partial charge in [-0.15, -0.1) is 0 Å². The van der Waals surface area contributed by atoms with E-state index in [0.29, 0.717) is 28.1 Å². The Hall–Kier alpha value is -4.51. The lowest BCUT2D eigenvalue weighted by Gasteiger charge is -2.13. The van der Waals surface area contributed by atoms with Gasteiger partial charge in [0.2, 0.25) is 5.95 Å². The number of rotatable bonds is 6. The monoisotopic (exact) mass is 522 g/mol. The van der Waals surface area contributed by atoms with Gasteiger partial charge >= 0.3 is 15.6 Å². The van der Waals surface area contributed by atoms with Crippen LogP contribution in [0.15, 0.2) is 97.1 Å². The smallest absolute Gasteiger partial charge is 0.376 e. The molecule has 0 amide bonds. The summed E-state index contributed by atoms with van der Waals surface area (Å²) in [6, 6.07) is 27.5. The van der Waals surface area contributed by atoms with Gasteiger partial charge in [-0.1, -0.05) is 78.9 Å². The van der Waals surface area contributed by atoms with Gasteiger partial charge < -0.3 is 9.50 Å². The first-order valence-electron chi connectivity index (χ1n) is 10.9. The molecule has 0 radical (unpaired) electrons. The van der Waals surface area contributed by atoms with Crippen LogP contribution < -0.4 is 9.50 Å². The SMILES string of the molecule is O=S(=O)(Oc1ccc2cccc(Nc3nc(-c4ccccc4)nc(-c4ccccc4)n3)c2c1)C(F)(F)F. The molecule has 186 valence electrons. The summed E-state index contributed by atoms with van der Waals surface area (Å²) in [5.41, 5.74) is -3.60. The summed E-state index contributed by atoms with van der Waals surface area (Å²) in [6.45, 7) is 0. The second kappa shape index (κ2) is 9.51. The van der Waals surface area contributed by atoms with Gasteiger partial charge in [-0.05, 0) is 23.6 Å². The van der Waals surface area contributed by atoms with E-state index in [0.717, 1.165) is 17.2 Å². The average molecular weight is 523 g/mol. The van der Waals surface area contributed by atoms with Crippen molar-refractivity contribution in [3.05, 3.63) is 97.1 Å². The molecule has 0 fully saturated rings. The zero-order valence-corrected chi connectivity index (χ0v) is 19.7. The van der Waals surface area contributed by atoms with Crippen molar-refractivity contribution in [2.45, 2.75) is 5.51 Å². The Morgan fingerprint density at radius 1 is 0.703 bits per heavy atom. The highest BCUT2D eigenvalue weighted by molar-refractivity contribution is 7.88. The lowest BCUT2D eigenvalue weighted by Crippen LogP contribution is -2.28. The minimum Gasteiger partial charge on any atom is -0.376 e. The van der Waals surface area contributed by atoms with Crippen molar-refractivity contribution in [2.24, 2.45) is 0 Å². The Morgan fingerprint density at radius 2 is 1.30 bits per heavy atom. The molecule has 1 aromatic heterocycles. The van der Waals surface area contributed by atoms with Crippen LogP contribution in [0.3, 0.4) is 0 Å². The highest BCUT2D eigenvalue weighted by atomic mass is 32.2. The molecular weight excluding hydrogens is 505 g/mol. The summed E-state index contributed by atoms with van der Waals surface area (Å²) < 4.78 is 65.7. The van der Waals surface area contributed by atoms with Crippen molar-refractivity contribution in [1.29, 1.82) is 0 Å². The van der Waals surface area contributed by atoms with E-state index in [9.17, 15) is 21.6 Å². The zero-order chi connectivity index (χ0) is 26.0. The van der Waals surface area contributed by atoms with Crippen LogP contribution >= 0.6 is 0 Å². The van der Waals surface area contributed by atoms with Crippen LogP contribution in [0.4, 0.5) is 24.8 Å². The fourth-order valence-corrected chi connectivity index (χ4v) is 4.02. The van der Waals surface area contributed by atoms with Gasteiger partial charge in [-0.3, -0.25) is 0 Å². The van der Waals surface area contributed by atoms with Gasteiger partial charge in [0.25, 0.3) is 0 Å². The van der Waals surface area contributed by atoms with Crippen LogP contribution in [0, 0.1) is 0 Å². The number of aromatic nitrogens is 3. The fraction of sp³-hybridized carbons (Fsp3) is 0.0385. The largest absolute Gasteiger partial charge is 0.534 e. The molecule has 0 bridgehead atoms. The molecular formula is C26H17F3N4O3S. The summed E-state index contributed by atoms with van der Waals surface area (Å²) in [6.07, 6.45) is 0. The molecule has 5 aromatic rings. The lowest BCUT2D eigenvalue weighted by atomic mass is 10.1. The quantitative estimate of drug-likeness (QED) is 0.206. The molecule has 0 spiro atoms. The fourth-order valence-electron chi connectivity index (χ4n) is 3.57. The van der Waals surface area contributed by atoms with E-state index < -0.39 is 21.4 Å². The molecule has 0 unspecified atom stereocenters. The molecule has 0 saturated heterocycles. The van der Waals surface area contributed by atoms with Gasteiger partial charge in [0.05, 0.1) is 0 Å². The topological polar surface area (TPSA) is 94.1 Å². The molecule has 0 aliphatic carbocycles. The molecule has 5 rings (SSSR count). The Bertz CT molecular complexity index is 1620. The van der Waals surface area contributed by atoms with E-state index >= 15 is 0 Å². The Morgan fingerprint density at radius 3 is 1.86 bits per heavy atom. The molecule has 37 heavy (non-hydrogen) atoms. The van der Waals surface area contributed by atoms with Crippen LogP contribution in [0.1, 0.15) is 0 Å². The predicted octanol–water partition coefficient (Wildman–Crippen LogP) is 6.33. The number of hydrogen-bond donors (Lipinski definition) is 1. The molecule has 0 saturated carbocycles. The average Bonchev–Trinajstić information content (AvgIpc) is 2.89. The molecule has 11 heteroatoms. The maximum atomic E-state index is 12.8. The van der Waals surface area contributed by atoms with Crippen molar-refractivity contribution in [2.75, 3.05) is 5.32 Å². The third kappa shape index (κ3) is 5.21. The Labute approximate surface area is 209 Å². The van der Waals surface area contributed by atoms with Crippen molar-refractivity contribution >= 4 is 32.5 Å². The third-order valence-electron chi connectivity index (χ3n) is 5.29. The number of halogens is 3. The number of nitrogens with one attached hydrogen (secondary N) is 1. The number of fused-ring (bicyclic) bond motifs is 1. The van der Waals surface area contributed by atoms with E-state index in [1.165, 1.54) is 12.1 Å². The molecule has 0 aliphatic rings. The van der Waals surface area contributed by atoms with Crippen LogP contribution in [-0.2, 0) is 10.1 Å². The zero-order valence-electron chi connectivity index (χ0n) is 18.8. The van der Waals surface area contributed by atoms with E-state index in [-0.39, 0.29) is 5.95 Å². The summed E-state index contributed by atoms with van der Waals surface area (Å²) in [7, 11) is -5.82. The maximum Gasteiger partial charge on any atom is 0.534 e. The van der Waals surface area contributed by atoms with Gasteiger partial charge in [0.1, 0.15) is 5.75 Å². The summed E-state index contributed by atoms with van der Waals surface area (Å²) in [5, 5.41) is 4.13. The first kappa shape index (κ1) is 24.2. The van der Waals surface area contributed by atoms with Crippen molar-refractivity contribution in [1.82, 2.24) is 15.0 Å².